The first-order chi connectivity index (χ1) is 13.0. The number of carbonyl (C=O) groups is 1. The summed E-state index contributed by atoms with van der Waals surface area (Å²) < 4.78 is 10.5. The first-order valence-electron chi connectivity index (χ1n) is 7.99. The predicted octanol–water partition coefficient (Wildman–Crippen LogP) is 4.00. The fourth-order valence-corrected chi connectivity index (χ4v) is 3.08. The Kier molecular flexibility index (Phi) is 6.01. The number of H-pyrrole nitrogens is 1. The number of aromatic amines is 1. The zero-order chi connectivity index (χ0) is 19.4. The van der Waals surface area contributed by atoms with Crippen LogP contribution in [0.5, 0.6) is 5.75 Å². The highest BCUT2D eigenvalue weighted by Gasteiger charge is 2.09. The molecule has 8 heteroatoms. The third-order valence-corrected chi connectivity index (χ3v) is 4.30. The molecule has 0 radical (unpaired) electrons. The van der Waals surface area contributed by atoms with E-state index in [0.29, 0.717) is 33.6 Å². The van der Waals surface area contributed by atoms with Gasteiger partial charge in [-0.05, 0) is 35.9 Å². The number of hydrogen-bond acceptors (Lipinski definition) is 4. The maximum absolute atomic E-state index is 12.1. The quantitative estimate of drug-likeness (QED) is 0.648. The van der Waals surface area contributed by atoms with Crippen molar-refractivity contribution in [3.63, 3.8) is 0 Å². The smallest absolute Gasteiger partial charge is 0.262 e. The molecule has 0 saturated carbocycles. The molecule has 0 aliphatic carbocycles. The average molecular weight is 407 g/mol. The number of carbonyl (C=O) groups excluding carboxylic acids is 1. The number of ether oxygens (including phenoxy) is 2. The Morgan fingerprint density at radius 1 is 1.15 bits per heavy atom. The van der Waals surface area contributed by atoms with Gasteiger partial charge in [-0.3, -0.25) is 9.59 Å². The highest BCUT2D eigenvalue weighted by atomic mass is 35.5. The maximum atomic E-state index is 12.1. The van der Waals surface area contributed by atoms with E-state index in [9.17, 15) is 9.59 Å². The standard InChI is InChI=1S/C19H16Cl2N2O4/c1-26-9-11-6-18(24)23-16-8-13(3-4-14(11)16)22-19(25)10-27-17-5-2-12(20)7-15(17)21/h2-8H,9-10H2,1H3,(H,22,25)(H,23,24). The topological polar surface area (TPSA) is 80.4 Å². The molecule has 3 rings (SSSR count). The van der Waals surface area contributed by atoms with Crippen LogP contribution in [0.2, 0.25) is 10.0 Å². The van der Waals surface area contributed by atoms with Crippen LogP contribution >= 0.6 is 23.2 Å². The average Bonchev–Trinajstić information content (AvgIpc) is 2.61. The van der Waals surface area contributed by atoms with Gasteiger partial charge in [0.25, 0.3) is 5.91 Å². The van der Waals surface area contributed by atoms with E-state index in [1.165, 1.54) is 12.1 Å². The van der Waals surface area contributed by atoms with Gasteiger partial charge >= 0.3 is 0 Å². The fourth-order valence-electron chi connectivity index (χ4n) is 2.62. The Balaban J connectivity index is 1.72. The second-order valence-corrected chi connectivity index (χ2v) is 6.61. The van der Waals surface area contributed by atoms with E-state index < -0.39 is 0 Å². The number of anilines is 1. The molecule has 3 aromatic rings. The first-order valence-corrected chi connectivity index (χ1v) is 8.74. The predicted molar refractivity (Wildman–Crippen MR) is 106 cm³/mol. The molecule has 1 heterocycles. The summed E-state index contributed by atoms with van der Waals surface area (Å²) in [5, 5.41) is 4.37. The zero-order valence-corrected chi connectivity index (χ0v) is 15.9. The van der Waals surface area contributed by atoms with E-state index in [4.69, 9.17) is 32.7 Å². The van der Waals surface area contributed by atoms with Crippen LogP contribution in [-0.2, 0) is 16.1 Å². The van der Waals surface area contributed by atoms with Crippen molar-refractivity contribution in [3.05, 3.63) is 68.4 Å². The molecule has 6 nitrogen and oxygen atoms in total. The second-order valence-electron chi connectivity index (χ2n) is 5.76. The van der Waals surface area contributed by atoms with E-state index >= 15 is 0 Å². The lowest BCUT2D eigenvalue weighted by atomic mass is 10.1. The van der Waals surface area contributed by atoms with E-state index in [1.807, 2.05) is 6.07 Å². The monoisotopic (exact) mass is 406 g/mol. The molecule has 0 bridgehead atoms. The van der Waals surface area contributed by atoms with Gasteiger partial charge in [-0.1, -0.05) is 29.3 Å². The first kappa shape index (κ1) is 19.2. The molecule has 0 aliphatic heterocycles. The second kappa shape index (κ2) is 8.43. The number of amides is 1. The Bertz CT molecular complexity index is 1050. The van der Waals surface area contributed by atoms with Crippen molar-refractivity contribution in [2.75, 3.05) is 19.0 Å². The molecule has 140 valence electrons. The summed E-state index contributed by atoms with van der Waals surface area (Å²) in [6.07, 6.45) is 0. The van der Waals surface area contributed by atoms with Crippen LogP contribution in [0.3, 0.4) is 0 Å². The van der Waals surface area contributed by atoms with Crippen LogP contribution in [0.25, 0.3) is 10.9 Å². The highest BCUT2D eigenvalue weighted by molar-refractivity contribution is 6.35. The molecule has 0 aliphatic rings. The molecule has 0 spiro atoms. The molecule has 1 aromatic heterocycles. The van der Waals surface area contributed by atoms with Crippen LogP contribution in [0.15, 0.2) is 47.3 Å². The Morgan fingerprint density at radius 3 is 2.70 bits per heavy atom. The summed E-state index contributed by atoms with van der Waals surface area (Å²) >= 11 is 11.8. The molecular weight excluding hydrogens is 391 g/mol. The fraction of sp³-hybridized carbons (Fsp3) is 0.158. The molecule has 0 saturated heterocycles. The molecule has 0 unspecified atom stereocenters. The number of methoxy groups -OCH3 is 1. The minimum absolute atomic E-state index is 0.223. The van der Waals surface area contributed by atoms with Gasteiger partial charge in [0.15, 0.2) is 6.61 Å². The van der Waals surface area contributed by atoms with Gasteiger partial charge in [-0.25, -0.2) is 0 Å². The lowest BCUT2D eigenvalue weighted by Crippen LogP contribution is -2.20. The molecule has 0 atom stereocenters. The number of hydrogen-bond donors (Lipinski definition) is 2. The molecular formula is C19H16Cl2N2O4. The van der Waals surface area contributed by atoms with Gasteiger partial charge in [0.1, 0.15) is 5.75 Å². The third-order valence-electron chi connectivity index (χ3n) is 3.77. The summed E-state index contributed by atoms with van der Waals surface area (Å²) in [4.78, 5) is 26.7. The summed E-state index contributed by atoms with van der Waals surface area (Å²) in [6, 6.07) is 11.5. The lowest BCUT2D eigenvalue weighted by molar-refractivity contribution is -0.118. The number of halogens is 2. The van der Waals surface area contributed by atoms with Crippen molar-refractivity contribution >= 4 is 45.7 Å². The van der Waals surface area contributed by atoms with Crippen LogP contribution in [0, 0.1) is 0 Å². The number of fused-ring (bicyclic) bond motifs is 1. The number of pyridine rings is 1. The van der Waals surface area contributed by atoms with E-state index in [1.54, 1.807) is 31.4 Å². The van der Waals surface area contributed by atoms with Gasteiger partial charge in [0, 0.05) is 29.3 Å². The van der Waals surface area contributed by atoms with Gasteiger partial charge in [0.05, 0.1) is 17.1 Å². The van der Waals surface area contributed by atoms with Crippen LogP contribution < -0.4 is 15.6 Å². The van der Waals surface area contributed by atoms with E-state index in [0.717, 1.165) is 10.9 Å². The number of aromatic nitrogens is 1. The SMILES string of the molecule is COCc1cc(=O)[nH]c2cc(NC(=O)COc3ccc(Cl)cc3Cl)ccc12. The normalized spacial score (nSPS) is 10.8. The van der Waals surface area contributed by atoms with Gasteiger partial charge in [-0.15, -0.1) is 0 Å². The van der Waals surface area contributed by atoms with Crippen molar-refractivity contribution in [2.24, 2.45) is 0 Å². The van der Waals surface area contributed by atoms with Crippen molar-refractivity contribution < 1.29 is 14.3 Å². The molecule has 2 N–H and O–H groups in total. The summed E-state index contributed by atoms with van der Waals surface area (Å²) in [5.74, 6) is -0.000902. The Morgan fingerprint density at radius 2 is 1.96 bits per heavy atom. The number of benzene rings is 2. The Hall–Kier alpha value is -2.54. The van der Waals surface area contributed by atoms with Gasteiger partial charge in [-0.2, -0.15) is 0 Å². The van der Waals surface area contributed by atoms with Crippen molar-refractivity contribution in [1.82, 2.24) is 4.98 Å². The molecule has 2 aromatic carbocycles. The van der Waals surface area contributed by atoms with E-state index in [2.05, 4.69) is 10.3 Å². The lowest BCUT2D eigenvalue weighted by Gasteiger charge is -2.10. The Labute approximate surface area is 165 Å². The van der Waals surface area contributed by atoms with Crippen molar-refractivity contribution in [2.45, 2.75) is 6.61 Å². The van der Waals surface area contributed by atoms with Crippen molar-refractivity contribution in [3.8, 4) is 5.75 Å². The maximum Gasteiger partial charge on any atom is 0.262 e. The highest BCUT2D eigenvalue weighted by Crippen LogP contribution is 2.27. The van der Waals surface area contributed by atoms with Crippen molar-refractivity contribution in [1.29, 1.82) is 0 Å². The summed E-state index contributed by atoms with van der Waals surface area (Å²) in [5.41, 5.74) is 1.67. The van der Waals surface area contributed by atoms with Crippen LogP contribution in [0.4, 0.5) is 5.69 Å². The molecule has 0 fully saturated rings. The number of nitrogens with one attached hydrogen (secondary N) is 2. The van der Waals surface area contributed by atoms with Crippen LogP contribution in [-0.4, -0.2) is 24.6 Å². The third kappa shape index (κ3) is 4.80. The van der Waals surface area contributed by atoms with Gasteiger partial charge in [0.2, 0.25) is 5.56 Å². The van der Waals surface area contributed by atoms with Gasteiger partial charge < -0.3 is 19.8 Å². The molecule has 27 heavy (non-hydrogen) atoms. The minimum atomic E-state index is -0.365. The largest absolute Gasteiger partial charge is 0.482 e. The van der Waals surface area contributed by atoms with E-state index in [-0.39, 0.29) is 18.1 Å². The zero-order valence-electron chi connectivity index (χ0n) is 14.3. The minimum Gasteiger partial charge on any atom is -0.482 e. The van der Waals surface area contributed by atoms with Crippen LogP contribution in [0.1, 0.15) is 5.56 Å². The summed E-state index contributed by atoms with van der Waals surface area (Å²) in [6.45, 7) is 0.0987. The summed E-state index contributed by atoms with van der Waals surface area (Å²) in [7, 11) is 1.56. The molecule has 1 amide bonds. The number of rotatable bonds is 6.